The molecule has 2 aliphatic rings. The molecule has 1 aliphatic carbocycles. The van der Waals surface area contributed by atoms with E-state index in [1.54, 1.807) is 0 Å². The molecule has 0 spiro atoms. The lowest BCUT2D eigenvalue weighted by Crippen LogP contribution is -2.49. The lowest BCUT2D eigenvalue weighted by molar-refractivity contribution is -0.143. The number of carbonyl (C=O) groups excluding carboxylic acids is 2. The number of nitrogens with one attached hydrogen (secondary N) is 1. The number of carbonyl (C=O) groups is 2. The van der Waals surface area contributed by atoms with Gasteiger partial charge in [0.1, 0.15) is 0 Å². The van der Waals surface area contributed by atoms with Crippen molar-refractivity contribution in [3.05, 3.63) is 35.4 Å². The van der Waals surface area contributed by atoms with Gasteiger partial charge < -0.3 is 15.3 Å². The second-order valence-corrected chi connectivity index (χ2v) is 8.30. The number of fused-ring (bicyclic) bond motifs is 1. The van der Waals surface area contributed by atoms with Crippen LogP contribution in [0.4, 0.5) is 0 Å². The summed E-state index contributed by atoms with van der Waals surface area (Å²) in [5, 5.41) is 13.4. The highest BCUT2D eigenvalue weighted by atomic mass is 16.3. The predicted octanol–water partition coefficient (Wildman–Crippen LogP) is 2.05. The molecule has 1 aromatic carbocycles. The van der Waals surface area contributed by atoms with Gasteiger partial charge in [-0.05, 0) is 24.0 Å². The van der Waals surface area contributed by atoms with Gasteiger partial charge in [0.05, 0.1) is 18.1 Å². The average Bonchev–Trinajstić information content (AvgIpc) is 2.89. The highest BCUT2D eigenvalue weighted by molar-refractivity contribution is 5.84. The molecule has 25 heavy (non-hydrogen) atoms. The molecule has 3 atom stereocenters. The zero-order valence-electron chi connectivity index (χ0n) is 15.3. The van der Waals surface area contributed by atoms with Gasteiger partial charge in [0.25, 0.3) is 0 Å². The summed E-state index contributed by atoms with van der Waals surface area (Å²) in [4.78, 5) is 27.1. The van der Waals surface area contributed by atoms with Crippen LogP contribution in [-0.4, -0.2) is 41.0 Å². The molecule has 0 bridgehead atoms. The number of amides is 2. The molecule has 5 nitrogen and oxygen atoms in total. The van der Waals surface area contributed by atoms with E-state index in [0.717, 1.165) is 30.5 Å². The van der Waals surface area contributed by atoms with Crippen molar-refractivity contribution in [1.82, 2.24) is 10.2 Å². The molecule has 2 N–H and O–H groups in total. The molecule has 1 heterocycles. The quantitative estimate of drug-likeness (QED) is 0.863. The predicted molar refractivity (Wildman–Crippen MR) is 95.8 cm³/mol. The molecule has 136 valence electrons. The van der Waals surface area contributed by atoms with Gasteiger partial charge in [-0.3, -0.25) is 9.59 Å². The van der Waals surface area contributed by atoms with E-state index in [2.05, 4.69) is 5.32 Å². The van der Waals surface area contributed by atoms with Crippen molar-refractivity contribution in [3.8, 4) is 0 Å². The summed E-state index contributed by atoms with van der Waals surface area (Å²) in [5.74, 6) is -0.177. The van der Waals surface area contributed by atoms with E-state index in [4.69, 9.17) is 0 Å². The number of piperidine rings is 1. The third-order valence-electron chi connectivity index (χ3n) is 5.22. The first kappa shape index (κ1) is 17.9. The van der Waals surface area contributed by atoms with E-state index in [9.17, 15) is 14.7 Å². The number of rotatable bonds is 2. The van der Waals surface area contributed by atoms with Gasteiger partial charge in [-0.1, -0.05) is 45.0 Å². The molecule has 2 amide bonds. The van der Waals surface area contributed by atoms with Crippen molar-refractivity contribution < 1.29 is 14.7 Å². The first-order valence-electron chi connectivity index (χ1n) is 9.13. The van der Waals surface area contributed by atoms with Crippen molar-refractivity contribution in [2.24, 2.45) is 11.3 Å². The minimum atomic E-state index is -0.586. The number of benzene rings is 1. The Morgan fingerprint density at radius 2 is 1.96 bits per heavy atom. The minimum Gasteiger partial charge on any atom is -0.390 e. The van der Waals surface area contributed by atoms with E-state index in [0.29, 0.717) is 13.0 Å². The van der Waals surface area contributed by atoms with Crippen molar-refractivity contribution in [2.45, 2.75) is 52.2 Å². The Kier molecular flexibility index (Phi) is 4.87. The van der Waals surface area contributed by atoms with Gasteiger partial charge in [-0.15, -0.1) is 0 Å². The van der Waals surface area contributed by atoms with Crippen LogP contribution >= 0.6 is 0 Å². The Labute approximate surface area is 149 Å². The van der Waals surface area contributed by atoms with Crippen molar-refractivity contribution in [2.75, 3.05) is 13.1 Å². The van der Waals surface area contributed by atoms with Crippen LogP contribution in [0.3, 0.4) is 0 Å². The standard InChI is InChI=1S/C20H28N2O3/c1-20(2,3)19(25)22-10-6-8-14(12-22)18(24)21-17-15-9-5-4-7-13(15)11-16(17)23/h4-5,7,9,14,16-17,23H,6,8,10-12H2,1-3H3,(H,21,24)/t14-,16-,17-/m0/s1. The molecule has 0 radical (unpaired) electrons. The highest BCUT2D eigenvalue weighted by Crippen LogP contribution is 2.32. The van der Waals surface area contributed by atoms with Crippen LogP contribution in [0.5, 0.6) is 0 Å². The van der Waals surface area contributed by atoms with Crippen LogP contribution in [-0.2, 0) is 16.0 Å². The van der Waals surface area contributed by atoms with E-state index < -0.39 is 11.5 Å². The summed E-state index contributed by atoms with van der Waals surface area (Å²) in [6, 6.07) is 7.49. The molecule has 5 heteroatoms. The zero-order chi connectivity index (χ0) is 18.2. The summed E-state index contributed by atoms with van der Waals surface area (Å²) >= 11 is 0. The van der Waals surface area contributed by atoms with Crippen LogP contribution in [0.1, 0.15) is 50.8 Å². The third-order valence-corrected chi connectivity index (χ3v) is 5.22. The SMILES string of the molecule is CC(C)(C)C(=O)N1CCC[C@H](C(=O)N[C@H]2c3ccccc3C[C@@H]2O)C1. The van der Waals surface area contributed by atoms with Crippen LogP contribution in [0.15, 0.2) is 24.3 Å². The monoisotopic (exact) mass is 344 g/mol. The summed E-state index contributed by atoms with van der Waals surface area (Å²) in [7, 11) is 0. The van der Waals surface area contributed by atoms with Gasteiger partial charge >= 0.3 is 0 Å². The van der Waals surface area contributed by atoms with Gasteiger partial charge in [0, 0.05) is 24.9 Å². The number of aliphatic hydroxyl groups excluding tert-OH is 1. The van der Waals surface area contributed by atoms with Crippen molar-refractivity contribution in [3.63, 3.8) is 0 Å². The van der Waals surface area contributed by atoms with Gasteiger partial charge in [0.2, 0.25) is 11.8 Å². The minimum absolute atomic E-state index is 0.0628. The van der Waals surface area contributed by atoms with Crippen LogP contribution in [0.2, 0.25) is 0 Å². The Morgan fingerprint density at radius 3 is 2.68 bits per heavy atom. The molecule has 1 fully saturated rings. The Morgan fingerprint density at radius 1 is 1.24 bits per heavy atom. The molecule has 3 rings (SSSR count). The smallest absolute Gasteiger partial charge is 0.227 e. The molecule has 1 aromatic rings. The largest absolute Gasteiger partial charge is 0.390 e. The summed E-state index contributed by atoms with van der Waals surface area (Å²) < 4.78 is 0. The second kappa shape index (κ2) is 6.79. The molecular formula is C20H28N2O3. The number of hydrogen-bond donors (Lipinski definition) is 2. The maximum atomic E-state index is 12.8. The lowest BCUT2D eigenvalue weighted by Gasteiger charge is -2.36. The third kappa shape index (κ3) is 3.71. The summed E-state index contributed by atoms with van der Waals surface area (Å²) in [6.07, 6.45) is 1.60. The summed E-state index contributed by atoms with van der Waals surface area (Å²) in [5.41, 5.74) is 1.66. The Hall–Kier alpha value is -1.88. The van der Waals surface area contributed by atoms with Gasteiger partial charge in [-0.25, -0.2) is 0 Å². The topological polar surface area (TPSA) is 69.6 Å². The van der Waals surface area contributed by atoms with E-state index in [1.165, 1.54) is 0 Å². The molecule has 0 saturated carbocycles. The van der Waals surface area contributed by atoms with Gasteiger partial charge in [-0.2, -0.15) is 0 Å². The van der Waals surface area contributed by atoms with Gasteiger partial charge in [0.15, 0.2) is 0 Å². The maximum absolute atomic E-state index is 12.8. The Balaban J connectivity index is 1.66. The second-order valence-electron chi connectivity index (χ2n) is 8.30. The fourth-order valence-electron chi connectivity index (χ4n) is 3.87. The molecule has 1 saturated heterocycles. The van der Waals surface area contributed by atoms with Crippen LogP contribution in [0.25, 0.3) is 0 Å². The average molecular weight is 344 g/mol. The number of likely N-dealkylation sites (tertiary alicyclic amines) is 1. The molecule has 1 aliphatic heterocycles. The number of aliphatic hydroxyl groups is 1. The first-order valence-corrected chi connectivity index (χ1v) is 9.13. The molecule has 0 aromatic heterocycles. The van der Waals surface area contributed by atoms with E-state index >= 15 is 0 Å². The number of hydrogen-bond acceptors (Lipinski definition) is 3. The fraction of sp³-hybridized carbons (Fsp3) is 0.600. The van der Waals surface area contributed by atoms with E-state index in [-0.39, 0.29) is 23.8 Å². The maximum Gasteiger partial charge on any atom is 0.227 e. The first-order chi connectivity index (χ1) is 11.8. The summed E-state index contributed by atoms with van der Waals surface area (Å²) in [6.45, 7) is 6.90. The highest BCUT2D eigenvalue weighted by Gasteiger charge is 2.36. The van der Waals surface area contributed by atoms with Crippen LogP contribution in [0, 0.1) is 11.3 Å². The van der Waals surface area contributed by atoms with Crippen molar-refractivity contribution in [1.29, 1.82) is 0 Å². The fourth-order valence-corrected chi connectivity index (χ4v) is 3.87. The normalized spacial score (nSPS) is 26.2. The lowest BCUT2D eigenvalue weighted by atomic mass is 9.90. The van der Waals surface area contributed by atoms with Crippen LogP contribution < -0.4 is 5.32 Å². The molecular weight excluding hydrogens is 316 g/mol. The zero-order valence-corrected chi connectivity index (χ0v) is 15.3. The van der Waals surface area contributed by atoms with E-state index in [1.807, 2.05) is 49.9 Å². The number of nitrogens with zero attached hydrogens (tertiary/aromatic N) is 1. The molecule has 0 unspecified atom stereocenters. The van der Waals surface area contributed by atoms with Crippen molar-refractivity contribution >= 4 is 11.8 Å². The Bertz CT molecular complexity index is 665.